The number of hydrogen-bond donors (Lipinski definition) is 1. The van der Waals surface area contributed by atoms with Crippen LogP contribution in [0.25, 0.3) is 0 Å². The number of hydrogen-bond acceptors (Lipinski definition) is 3. The summed E-state index contributed by atoms with van der Waals surface area (Å²) in [7, 11) is 0. The van der Waals surface area contributed by atoms with E-state index in [1.165, 1.54) is 38.5 Å². The van der Waals surface area contributed by atoms with E-state index in [4.69, 9.17) is 4.74 Å². The van der Waals surface area contributed by atoms with Crippen LogP contribution in [0.5, 0.6) is 0 Å². The molecule has 1 N–H and O–H groups in total. The lowest BCUT2D eigenvalue weighted by molar-refractivity contribution is -0.143. The normalized spacial score (nSPS) is 44.9. The van der Waals surface area contributed by atoms with Crippen LogP contribution in [-0.4, -0.2) is 23.8 Å². The van der Waals surface area contributed by atoms with E-state index in [9.17, 15) is 9.90 Å². The van der Waals surface area contributed by atoms with Crippen LogP contribution >= 0.6 is 0 Å². The largest absolute Gasteiger partial charge is 0.466 e. The summed E-state index contributed by atoms with van der Waals surface area (Å²) < 4.78 is 5.16. The average Bonchev–Trinajstić information content (AvgIpc) is 3.04. The minimum absolute atomic E-state index is 0.0277. The molecule has 0 aromatic carbocycles. The fraction of sp³-hybridized carbons (Fsp3) is 0.885. The first-order valence-corrected chi connectivity index (χ1v) is 12.3. The summed E-state index contributed by atoms with van der Waals surface area (Å²) in [5.74, 6) is 3.77. The maximum Gasteiger partial charge on any atom is 0.305 e. The van der Waals surface area contributed by atoms with Crippen LogP contribution in [0, 0.1) is 40.4 Å². The first kappa shape index (κ1) is 21.4. The number of carbonyl (C=O) groups excluding carboxylic acids is 1. The Morgan fingerprint density at radius 1 is 1.21 bits per heavy atom. The number of esters is 1. The van der Waals surface area contributed by atoms with Crippen molar-refractivity contribution in [1.29, 1.82) is 0 Å². The Morgan fingerprint density at radius 2 is 2.00 bits per heavy atom. The maximum atomic E-state index is 11.9. The highest BCUT2D eigenvalue weighted by Gasteiger charge is 2.59. The lowest BCUT2D eigenvalue weighted by Gasteiger charge is -2.58. The van der Waals surface area contributed by atoms with Crippen LogP contribution < -0.4 is 0 Å². The van der Waals surface area contributed by atoms with Gasteiger partial charge in [0.1, 0.15) is 0 Å². The number of rotatable bonds is 5. The molecule has 8 atom stereocenters. The van der Waals surface area contributed by atoms with Gasteiger partial charge in [-0.25, -0.2) is 0 Å². The van der Waals surface area contributed by atoms with E-state index in [0.717, 1.165) is 42.9 Å². The highest BCUT2D eigenvalue weighted by molar-refractivity contribution is 5.69. The zero-order chi connectivity index (χ0) is 20.8. The Hall–Kier alpha value is -0.830. The quantitative estimate of drug-likeness (QED) is 0.459. The van der Waals surface area contributed by atoms with Gasteiger partial charge in [0.2, 0.25) is 0 Å². The van der Waals surface area contributed by atoms with E-state index >= 15 is 0 Å². The molecule has 4 aliphatic carbocycles. The molecule has 0 bridgehead atoms. The molecule has 0 spiro atoms. The van der Waals surface area contributed by atoms with Crippen molar-refractivity contribution in [2.24, 2.45) is 40.4 Å². The Bertz CT molecular complexity index is 654. The van der Waals surface area contributed by atoms with Gasteiger partial charge in [-0.15, -0.1) is 0 Å². The second kappa shape index (κ2) is 8.02. The number of ether oxygens (including phenoxy) is 1. The van der Waals surface area contributed by atoms with E-state index in [2.05, 4.69) is 26.8 Å². The fourth-order valence-electron chi connectivity index (χ4n) is 8.40. The zero-order valence-corrected chi connectivity index (χ0v) is 19.1. The molecule has 164 valence electrons. The van der Waals surface area contributed by atoms with Crippen LogP contribution in [0.3, 0.4) is 0 Å². The maximum absolute atomic E-state index is 11.9. The van der Waals surface area contributed by atoms with Gasteiger partial charge in [0.15, 0.2) is 0 Å². The Morgan fingerprint density at radius 3 is 2.76 bits per heavy atom. The number of aliphatic hydroxyl groups excluding tert-OH is 1. The van der Waals surface area contributed by atoms with Gasteiger partial charge in [-0.3, -0.25) is 4.79 Å². The van der Waals surface area contributed by atoms with E-state index in [1.54, 1.807) is 5.57 Å². The fourth-order valence-corrected chi connectivity index (χ4v) is 8.40. The van der Waals surface area contributed by atoms with Crippen molar-refractivity contribution < 1.29 is 14.6 Å². The van der Waals surface area contributed by atoms with Gasteiger partial charge in [0.05, 0.1) is 12.7 Å². The molecule has 0 heterocycles. The predicted octanol–water partition coefficient (Wildman–Crippen LogP) is 5.91. The van der Waals surface area contributed by atoms with E-state index < -0.39 is 0 Å². The first-order chi connectivity index (χ1) is 13.8. The molecule has 0 amide bonds. The molecular formula is C26H42O3. The van der Waals surface area contributed by atoms with Crippen molar-refractivity contribution in [3.05, 3.63) is 11.6 Å². The number of allylic oxidation sites excluding steroid dienone is 1. The van der Waals surface area contributed by atoms with Gasteiger partial charge in [-0.2, -0.15) is 0 Å². The lowest BCUT2D eigenvalue weighted by Crippen LogP contribution is -2.50. The van der Waals surface area contributed by atoms with Crippen molar-refractivity contribution in [2.45, 2.75) is 98.0 Å². The third-order valence-corrected chi connectivity index (χ3v) is 9.95. The number of carbonyl (C=O) groups is 1. The topological polar surface area (TPSA) is 46.5 Å². The molecule has 4 aliphatic rings. The molecule has 2 unspecified atom stereocenters. The van der Waals surface area contributed by atoms with Crippen molar-refractivity contribution in [3.63, 3.8) is 0 Å². The van der Waals surface area contributed by atoms with Crippen molar-refractivity contribution >= 4 is 5.97 Å². The Labute approximate surface area is 177 Å². The highest BCUT2D eigenvalue weighted by atomic mass is 16.5. The Kier molecular flexibility index (Phi) is 5.92. The van der Waals surface area contributed by atoms with Gasteiger partial charge < -0.3 is 9.84 Å². The van der Waals surface area contributed by atoms with Crippen LogP contribution in [-0.2, 0) is 9.53 Å². The second-order valence-corrected chi connectivity index (χ2v) is 11.2. The predicted molar refractivity (Wildman–Crippen MR) is 116 cm³/mol. The van der Waals surface area contributed by atoms with Crippen molar-refractivity contribution in [2.75, 3.05) is 6.61 Å². The van der Waals surface area contributed by atoms with Crippen LogP contribution in [0.4, 0.5) is 0 Å². The highest BCUT2D eigenvalue weighted by Crippen LogP contribution is 2.67. The van der Waals surface area contributed by atoms with Crippen LogP contribution in [0.2, 0.25) is 0 Å². The molecule has 0 aromatic heterocycles. The average molecular weight is 403 g/mol. The summed E-state index contributed by atoms with van der Waals surface area (Å²) in [6.45, 7) is 9.86. The van der Waals surface area contributed by atoms with Crippen LogP contribution in [0.15, 0.2) is 11.6 Å². The molecule has 0 saturated heterocycles. The summed E-state index contributed by atoms with van der Waals surface area (Å²) >= 11 is 0. The molecule has 0 aromatic rings. The monoisotopic (exact) mass is 402 g/mol. The van der Waals surface area contributed by atoms with Crippen molar-refractivity contribution in [1.82, 2.24) is 0 Å². The summed E-state index contributed by atoms with van der Waals surface area (Å²) in [6, 6.07) is 0. The summed E-state index contributed by atoms with van der Waals surface area (Å²) in [5, 5.41) is 10.2. The minimum atomic E-state index is -0.115. The third-order valence-electron chi connectivity index (χ3n) is 9.95. The molecule has 0 aliphatic heterocycles. The molecule has 3 saturated carbocycles. The van der Waals surface area contributed by atoms with Gasteiger partial charge in [-0.1, -0.05) is 32.4 Å². The molecule has 3 nitrogen and oxygen atoms in total. The van der Waals surface area contributed by atoms with Gasteiger partial charge in [0, 0.05) is 6.42 Å². The van der Waals surface area contributed by atoms with Crippen LogP contribution in [0.1, 0.15) is 91.9 Å². The summed E-state index contributed by atoms with van der Waals surface area (Å²) in [5.41, 5.74) is 2.33. The van der Waals surface area contributed by atoms with Crippen molar-refractivity contribution in [3.8, 4) is 0 Å². The summed E-state index contributed by atoms with van der Waals surface area (Å²) in [6.07, 6.45) is 13.7. The third kappa shape index (κ3) is 3.60. The van der Waals surface area contributed by atoms with E-state index in [-0.39, 0.29) is 12.1 Å². The lowest BCUT2D eigenvalue weighted by atomic mass is 9.47. The van der Waals surface area contributed by atoms with Gasteiger partial charge in [-0.05, 0) is 105 Å². The molecule has 3 fully saturated rings. The first-order valence-electron chi connectivity index (χ1n) is 12.3. The Balaban J connectivity index is 1.48. The second-order valence-electron chi connectivity index (χ2n) is 11.2. The van der Waals surface area contributed by atoms with Gasteiger partial charge in [0.25, 0.3) is 0 Å². The minimum Gasteiger partial charge on any atom is -0.466 e. The molecule has 4 rings (SSSR count). The molecule has 3 heteroatoms. The molecule has 0 radical (unpaired) electrons. The zero-order valence-electron chi connectivity index (χ0n) is 19.1. The molecular weight excluding hydrogens is 360 g/mol. The summed E-state index contributed by atoms with van der Waals surface area (Å²) in [4.78, 5) is 11.9. The smallest absolute Gasteiger partial charge is 0.305 e. The van der Waals surface area contributed by atoms with Gasteiger partial charge >= 0.3 is 5.97 Å². The van der Waals surface area contributed by atoms with E-state index in [1.807, 2.05) is 6.92 Å². The standard InChI is InChI=1S/C26H42O3/c1-5-29-24(28)11-6-17(2)21-9-10-22-20-8-7-18-16-19(27)12-14-25(18,3)23(20)13-15-26(21,22)4/h7,17,19-23,27H,5-6,8-16H2,1-4H3/t17-,19+,20+,21-,22?,23?,25+,26-/m1/s1. The number of fused-ring (bicyclic) bond motifs is 5. The number of aliphatic hydroxyl groups is 1. The SMILES string of the molecule is CCOC(=O)CC[C@@H](C)[C@H]1CCC2[C@@H]3CC=C4C[C@@H](O)CC[C@]4(C)C3CC[C@@]21C. The molecule has 29 heavy (non-hydrogen) atoms. The van der Waals surface area contributed by atoms with E-state index in [0.29, 0.717) is 29.8 Å².